The largest absolute Gasteiger partial charge is 0.376 e. The summed E-state index contributed by atoms with van der Waals surface area (Å²) in [7, 11) is 0. The van der Waals surface area contributed by atoms with Crippen LogP contribution in [0.3, 0.4) is 0 Å². The molecule has 14 heavy (non-hydrogen) atoms. The summed E-state index contributed by atoms with van der Waals surface area (Å²) in [5.74, 6) is 0. The van der Waals surface area contributed by atoms with Gasteiger partial charge in [-0.25, -0.2) is 0 Å². The Kier molecular flexibility index (Phi) is 4.11. The second kappa shape index (κ2) is 5.13. The molecular weight excluding hydrogens is 174 g/mol. The summed E-state index contributed by atoms with van der Waals surface area (Å²) in [4.78, 5) is 0. The molecule has 0 amide bonds. The molecule has 1 rings (SSSR count). The normalized spacial score (nSPS) is 15.1. The molecule has 1 aromatic carbocycles. The van der Waals surface area contributed by atoms with Crippen LogP contribution >= 0.6 is 0 Å². The van der Waals surface area contributed by atoms with E-state index in [0.29, 0.717) is 12.8 Å². The third-order valence-corrected chi connectivity index (χ3v) is 2.37. The van der Waals surface area contributed by atoms with Crippen LogP contribution in [0.1, 0.15) is 31.7 Å². The van der Waals surface area contributed by atoms with Crippen molar-refractivity contribution in [3.63, 3.8) is 0 Å². The van der Waals surface area contributed by atoms with Gasteiger partial charge in [-0.3, -0.25) is 0 Å². The van der Waals surface area contributed by atoms with Crippen molar-refractivity contribution in [2.75, 3.05) is 0 Å². The number of benzene rings is 1. The molecule has 1 aromatic rings. The van der Waals surface area contributed by atoms with E-state index in [2.05, 4.69) is 12.1 Å². The monoisotopic (exact) mass is 193 g/mol. The summed E-state index contributed by atoms with van der Waals surface area (Å²) in [5.41, 5.74) is 5.96. The van der Waals surface area contributed by atoms with Gasteiger partial charge in [0.1, 0.15) is 5.72 Å². The highest BCUT2D eigenvalue weighted by molar-refractivity contribution is 5.14. The van der Waals surface area contributed by atoms with E-state index in [1.54, 1.807) is 0 Å². The minimum absolute atomic E-state index is 0.630. The SMILES string of the molecule is CCCC(N)(O)CCc1ccccc1. The highest BCUT2D eigenvalue weighted by atomic mass is 16.3. The standard InChI is InChI=1S/C12H19NO/c1-2-9-12(13,14)10-8-11-6-4-3-5-7-11/h3-7,14H,2,8-10,13H2,1H3. The molecule has 78 valence electrons. The summed E-state index contributed by atoms with van der Waals surface area (Å²) in [6.45, 7) is 2.03. The molecule has 1 unspecified atom stereocenters. The molecule has 0 bridgehead atoms. The van der Waals surface area contributed by atoms with E-state index in [4.69, 9.17) is 5.73 Å². The molecule has 0 aliphatic rings. The highest BCUT2D eigenvalue weighted by Gasteiger charge is 2.18. The third-order valence-electron chi connectivity index (χ3n) is 2.37. The summed E-state index contributed by atoms with van der Waals surface area (Å²) in [6, 6.07) is 10.1. The molecular formula is C12H19NO. The zero-order chi connectivity index (χ0) is 10.4. The first-order valence-electron chi connectivity index (χ1n) is 5.19. The second-order valence-electron chi connectivity index (χ2n) is 3.84. The summed E-state index contributed by atoms with van der Waals surface area (Å²) >= 11 is 0. The van der Waals surface area contributed by atoms with Crippen LogP contribution in [0, 0.1) is 0 Å². The van der Waals surface area contributed by atoms with Crippen molar-refractivity contribution in [2.45, 2.75) is 38.3 Å². The van der Waals surface area contributed by atoms with Crippen LogP contribution in [-0.4, -0.2) is 10.8 Å². The van der Waals surface area contributed by atoms with Crippen LogP contribution < -0.4 is 5.73 Å². The van der Waals surface area contributed by atoms with Gasteiger partial charge >= 0.3 is 0 Å². The van der Waals surface area contributed by atoms with E-state index < -0.39 is 5.72 Å². The fraction of sp³-hybridized carbons (Fsp3) is 0.500. The zero-order valence-electron chi connectivity index (χ0n) is 8.74. The van der Waals surface area contributed by atoms with Gasteiger partial charge in [0.2, 0.25) is 0 Å². The summed E-state index contributed by atoms with van der Waals surface area (Å²) in [6.07, 6.45) is 3.06. The second-order valence-corrected chi connectivity index (χ2v) is 3.84. The first-order valence-corrected chi connectivity index (χ1v) is 5.19. The lowest BCUT2D eigenvalue weighted by molar-refractivity contribution is 0.0288. The maximum atomic E-state index is 9.75. The van der Waals surface area contributed by atoms with E-state index >= 15 is 0 Å². The van der Waals surface area contributed by atoms with Crippen LogP contribution in [0.2, 0.25) is 0 Å². The molecule has 0 radical (unpaired) electrons. The average Bonchev–Trinajstić information content (AvgIpc) is 2.17. The van der Waals surface area contributed by atoms with E-state index in [0.717, 1.165) is 12.8 Å². The smallest absolute Gasteiger partial charge is 0.113 e. The first kappa shape index (κ1) is 11.2. The molecule has 2 nitrogen and oxygen atoms in total. The lowest BCUT2D eigenvalue weighted by atomic mass is 9.99. The molecule has 0 saturated carbocycles. The quantitative estimate of drug-likeness (QED) is 0.703. The Bertz CT molecular complexity index is 256. The Hall–Kier alpha value is -0.860. The Morgan fingerprint density at radius 3 is 2.43 bits per heavy atom. The fourth-order valence-electron chi connectivity index (χ4n) is 1.56. The van der Waals surface area contributed by atoms with Crippen LogP contribution in [0.15, 0.2) is 30.3 Å². The molecule has 0 spiro atoms. The van der Waals surface area contributed by atoms with Crippen molar-refractivity contribution in [2.24, 2.45) is 5.73 Å². The van der Waals surface area contributed by atoms with Crippen molar-refractivity contribution < 1.29 is 5.11 Å². The summed E-state index contributed by atoms with van der Waals surface area (Å²) in [5, 5.41) is 9.75. The number of aryl methyl sites for hydroxylation is 1. The van der Waals surface area contributed by atoms with Gasteiger partial charge in [0.25, 0.3) is 0 Å². The van der Waals surface area contributed by atoms with Crippen molar-refractivity contribution in [3.8, 4) is 0 Å². The van der Waals surface area contributed by atoms with Crippen LogP contribution in [-0.2, 0) is 6.42 Å². The third kappa shape index (κ3) is 3.90. The Labute approximate surface area is 85.8 Å². The van der Waals surface area contributed by atoms with Gasteiger partial charge in [0, 0.05) is 0 Å². The van der Waals surface area contributed by atoms with Crippen LogP contribution in [0.4, 0.5) is 0 Å². The number of rotatable bonds is 5. The van der Waals surface area contributed by atoms with Crippen molar-refractivity contribution in [3.05, 3.63) is 35.9 Å². The van der Waals surface area contributed by atoms with Gasteiger partial charge in [-0.2, -0.15) is 0 Å². The van der Waals surface area contributed by atoms with E-state index in [1.807, 2.05) is 25.1 Å². The Morgan fingerprint density at radius 1 is 1.21 bits per heavy atom. The fourth-order valence-corrected chi connectivity index (χ4v) is 1.56. The summed E-state index contributed by atoms with van der Waals surface area (Å²) < 4.78 is 0. The van der Waals surface area contributed by atoms with Crippen molar-refractivity contribution >= 4 is 0 Å². The minimum atomic E-state index is -0.995. The molecule has 0 fully saturated rings. The molecule has 0 aliphatic heterocycles. The number of aliphatic hydroxyl groups is 1. The predicted molar refractivity (Wildman–Crippen MR) is 58.8 cm³/mol. The molecule has 0 aliphatic carbocycles. The van der Waals surface area contributed by atoms with Crippen LogP contribution in [0.25, 0.3) is 0 Å². The van der Waals surface area contributed by atoms with Crippen molar-refractivity contribution in [1.29, 1.82) is 0 Å². The lowest BCUT2D eigenvalue weighted by Gasteiger charge is -2.22. The van der Waals surface area contributed by atoms with Gasteiger partial charge in [-0.05, 0) is 24.8 Å². The zero-order valence-corrected chi connectivity index (χ0v) is 8.74. The van der Waals surface area contributed by atoms with E-state index in [-0.39, 0.29) is 0 Å². The van der Waals surface area contributed by atoms with Gasteiger partial charge in [0.05, 0.1) is 0 Å². The number of hydrogen-bond acceptors (Lipinski definition) is 2. The molecule has 3 N–H and O–H groups in total. The number of hydrogen-bond donors (Lipinski definition) is 2. The molecule has 1 atom stereocenters. The maximum absolute atomic E-state index is 9.75. The molecule has 0 saturated heterocycles. The van der Waals surface area contributed by atoms with E-state index in [9.17, 15) is 5.11 Å². The maximum Gasteiger partial charge on any atom is 0.113 e. The van der Waals surface area contributed by atoms with Gasteiger partial charge in [0.15, 0.2) is 0 Å². The minimum Gasteiger partial charge on any atom is -0.376 e. The lowest BCUT2D eigenvalue weighted by Crippen LogP contribution is -2.39. The average molecular weight is 193 g/mol. The van der Waals surface area contributed by atoms with Gasteiger partial charge in [-0.1, -0.05) is 43.7 Å². The van der Waals surface area contributed by atoms with Gasteiger partial charge < -0.3 is 10.8 Å². The predicted octanol–water partition coefficient (Wildman–Crippen LogP) is 2.07. The highest BCUT2D eigenvalue weighted by Crippen LogP contribution is 2.14. The molecule has 0 aromatic heterocycles. The number of nitrogens with two attached hydrogens (primary N) is 1. The molecule has 2 heteroatoms. The molecule has 0 heterocycles. The van der Waals surface area contributed by atoms with Crippen LogP contribution in [0.5, 0.6) is 0 Å². The Morgan fingerprint density at radius 2 is 1.86 bits per heavy atom. The van der Waals surface area contributed by atoms with Gasteiger partial charge in [-0.15, -0.1) is 0 Å². The van der Waals surface area contributed by atoms with Crippen molar-refractivity contribution in [1.82, 2.24) is 0 Å². The Balaban J connectivity index is 2.40. The first-order chi connectivity index (χ1) is 6.64. The van der Waals surface area contributed by atoms with E-state index in [1.165, 1.54) is 5.56 Å². The topological polar surface area (TPSA) is 46.2 Å².